The van der Waals surface area contributed by atoms with E-state index in [0.29, 0.717) is 0 Å². The summed E-state index contributed by atoms with van der Waals surface area (Å²) in [6.07, 6.45) is 8.51. The minimum Gasteiger partial charge on any atom is -0.378 e. The highest BCUT2D eigenvalue weighted by atomic mass is 16.5. The average Bonchev–Trinajstić information content (AvgIpc) is 3.09. The first-order chi connectivity index (χ1) is 12.7. The van der Waals surface area contributed by atoms with Crippen LogP contribution < -0.4 is 10.6 Å². The van der Waals surface area contributed by atoms with E-state index in [4.69, 9.17) is 10.5 Å². The maximum Gasteiger partial charge on any atom is 0.241 e. The maximum atomic E-state index is 11.0. The van der Waals surface area contributed by atoms with Crippen LogP contribution in [0, 0.1) is 0 Å². The number of aromatic nitrogens is 3. The number of fused-ring (bicyclic) bond motifs is 1. The first kappa shape index (κ1) is 16.3. The first-order valence-corrected chi connectivity index (χ1v) is 8.44. The summed E-state index contributed by atoms with van der Waals surface area (Å²) in [4.78, 5) is 25.3. The summed E-state index contributed by atoms with van der Waals surface area (Å²) in [6, 6.07) is 6.10. The number of primary amides is 1. The maximum absolute atomic E-state index is 11.0. The number of anilines is 1. The zero-order valence-electron chi connectivity index (χ0n) is 14.2. The Morgan fingerprint density at radius 1 is 1.19 bits per heavy atom. The number of carbonyl (C=O) groups is 1. The Hall–Kier alpha value is -3.19. The van der Waals surface area contributed by atoms with Crippen LogP contribution in [0.15, 0.2) is 42.9 Å². The van der Waals surface area contributed by atoms with Gasteiger partial charge in [0.2, 0.25) is 5.91 Å². The Bertz CT molecular complexity index is 956. The van der Waals surface area contributed by atoms with Gasteiger partial charge in [-0.1, -0.05) is 0 Å². The highest BCUT2D eigenvalue weighted by Gasteiger charge is 2.12. The van der Waals surface area contributed by atoms with E-state index in [0.717, 1.165) is 59.8 Å². The van der Waals surface area contributed by atoms with Crippen LogP contribution in [0.4, 0.5) is 5.82 Å². The Morgan fingerprint density at radius 2 is 2.00 bits per heavy atom. The van der Waals surface area contributed by atoms with E-state index in [9.17, 15) is 4.79 Å². The zero-order chi connectivity index (χ0) is 17.9. The smallest absolute Gasteiger partial charge is 0.241 e. The van der Waals surface area contributed by atoms with Gasteiger partial charge in [0.25, 0.3) is 0 Å². The second-order valence-electron chi connectivity index (χ2n) is 6.10. The molecule has 132 valence electrons. The molecule has 4 rings (SSSR count). The molecule has 0 bridgehead atoms. The summed E-state index contributed by atoms with van der Waals surface area (Å²) in [5, 5.41) is 0.928. The molecule has 0 spiro atoms. The number of morpholine rings is 1. The quantitative estimate of drug-likeness (QED) is 0.702. The molecule has 1 amide bonds. The molecule has 1 aliphatic rings. The molecule has 0 saturated carbocycles. The number of carbonyl (C=O) groups excluding carboxylic acids is 1. The number of H-pyrrole nitrogens is 1. The first-order valence-electron chi connectivity index (χ1n) is 8.44. The van der Waals surface area contributed by atoms with Crippen LogP contribution in [-0.2, 0) is 9.53 Å². The van der Waals surface area contributed by atoms with E-state index in [2.05, 4.69) is 19.9 Å². The number of pyridine rings is 2. The van der Waals surface area contributed by atoms with Crippen molar-refractivity contribution in [2.45, 2.75) is 0 Å². The molecule has 0 atom stereocenters. The number of aromatic amines is 1. The molecule has 7 heteroatoms. The number of nitrogens with two attached hydrogens (primary N) is 1. The predicted molar refractivity (Wildman–Crippen MR) is 101 cm³/mol. The Labute approximate surface area is 150 Å². The van der Waals surface area contributed by atoms with Gasteiger partial charge in [0, 0.05) is 59.8 Å². The largest absolute Gasteiger partial charge is 0.378 e. The summed E-state index contributed by atoms with van der Waals surface area (Å²) in [6.45, 7) is 3.19. The van der Waals surface area contributed by atoms with Gasteiger partial charge in [0.1, 0.15) is 11.5 Å². The third kappa shape index (κ3) is 3.29. The molecular formula is C19H19N5O2. The van der Waals surface area contributed by atoms with Crippen LogP contribution in [-0.4, -0.2) is 47.2 Å². The van der Waals surface area contributed by atoms with Crippen molar-refractivity contribution in [3.63, 3.8) is 0 Å². The van der Waals surface area contributed by atoms with Crippen molar-refractivity contribution in [1.29, 1.82) is 0 Å². The van der Waals surface area contributed by atoms with Gasteiger partial charge in [0.15, 0.2) is 0 Å². The lowest BCUT2D eigenvalue weighted by molar-refractivity contribution is -0.113. The third-order valence-electron chi connectivity index (χ3n) is 4.41. The lowest BCUT2D eigenvalue weighted by atomic mass is 10.1. The molecule has 1 aliphatic heterocycles. The van der Waals surface area contributed by atoms with Crippen LogP contribution in [0.25, 0.3) is 28.2 Å². The second-order valence-corrected chi connectivity index (χ2v) is 6.10. The van der Waals surface area contributed by atoms with Gasteiger partial charge >= 0.3 is 0 Å². The standard InChI is InChI=1S/C19H19N5O2/c20-17(25)3-1-14-11-22-19-16(14)9-15(12-23-19)13-2-4-18(21-10-13)24-5-7-26-8-6-24/h1-4,9-12H,5-8H2,(H2,20,25)(H,22,23)/b3-1+. The molecule has 0 aliphatic carbocycles. The SMILES string of the molecule is NC(=O)/C=C/c1c[nH]c2ncc(-c3ccc(N4CCOCC4)nc3)cc12. The Balaban J connectivity index is 1.63. The zero-order valence-corrected chi connectivity index (χ0v) is 14.2. The van der Waals surface area contributed by atoms with Crippen LogP contribution in [0.5, 0.6) is 0 Å². The van der Waals surface area contributed by atoms with Crippen LogP contribution in [0.2, 0.25) is 0 Å². The Kier molecular flexibility index (Phi) is 4.37. The van der Waals surface area contributed by atoms with Crippen LogP contribution >= 0.6 is 0 Å². The van der Waals surface area contributed by atoms with E-state index >= 15 is 0 Å². The molecule has 0 unspecified atom stereocenters. The van der Waals surface area contributed by atoms with E-state index in [1.54, 1.807) is 12.3 Å². The third-order valence-corrected chi connectivity index (χ3v) is 4.41. The van der Waals surface area contributed by atoms with Crippen LogP contribution in [0.3, 0.4) is 0 Å². The van der Waals surface area contributed by atoms with Gasteiger partial charge in [-0.05, 0) is 24.3 Å². The van der Waals surface area contributed by atoms with Crippen LogP contribution in [0.1, 0.15) is 5.56 Å². The average molecular weight is 349 g/mol. The molecule has 3 aromatic rings. The summed E-state index contributed by atoms with van der Waals surface area (Å²) in [5.74, 6) is 0.476. The highest BCUT2D eigenvalue weighted by molar-refractivity contribution is 5.95. The number of nitrogens with one attached hydrogen (secondary N) is 1. The van der Waals surface area contributed by atoms with Gasteiger partial charge < -0.3 is 20.4 Å². The minimum atomic E-state index is -0.480. The number of amides is 1. The monoisotopic (exact) mass is 349 g/mol. The minimum absolute atomic E-state index is 0.480. The molecule has 3 N–H and O–H groups in total. The van der Waals surface area contributed by atoms with Crippen molar-refractivity contribution in [1.82, 2.24) is 15.0 Å². The fourth-order valence-corrected chi connectivity index (χ4v) is 3.03. The molecule has 4 heterocycles. The lowest BCUT2D eigenvalue weighted by Crippen LogP contribution is -2.36. The molecule has 3 aromatic heterocycles. The fraction of sp³-hybridized carbons (Fsp3) is 0.211. The highest BCUT2D eigenvalue weighted by Crippen LogP contribution is 2.26. The van der Waals surface area contributed by atoms with Gasteiger partial charge in [-0.25, -0.2) is 9.97 Å². The van der Waals surface area contributed by atoms with Gasteiger partial charge in [0.05, 0.1) is 13.2 Å². The number of hydrogen-bond donors (Lipinski definition) is 2. The van der Waals surface area contributed by atoms with Crippen molar-refractivity contribution < 1.29 is 9.53 Å². The number of ether oxygens (including phenoxy) is 1. The van der Waals surface area contributed by atoms with Gasteiger partial charge in [-0.15, -0.1) is 0 Å². The van der Waals surface area contributed by atoms with E-state index in [-0.39, 0.29) is 0 Å². The summed E-state index contributed by atoms with van der Waals surface area (Å²) in [7, 11) is 0. The van der Waals surface area contributed by atoms with Crippen molar-refractivity contribution in [3.8, 4) is 11.1 Å². The summed E-state index contributed by atoms with van der Waals surface area (Å²) in [5.41, 5.74) is 8.76. The van der Waals surface area contributed by atoms with E-state index < -0.39 is 5.91 Å². The topological polar surface area (TPSA) is 97.1 Å². The van der Waals surface area contributed by atoms with Crippen molar-refractivity contribution >= 4 is 28.8 Å². The normalized spacial score (nSPS) is 15.0. The van der Waals surface area contributed by atoms with E-state index in [1.165, 1.54) is 6.08 Å². The number of nitrogens with zero attached hydrogens (tertiary/aromatic N) is 3. The van der Waals surface area contributed by atoms with Gasteiger partial charge in [-0.2, -0.15) is 0 Å². The summed E-state index contributed by atoms with van der Waals surface area (Å²) < 4.78 is 5.38. The lowest BCUT2D eigenvalue weighted by Gasteiger charge is -2.27. The predicted octanol–water partition coefficient (Wildman–Crippen LogP) is 1.96. The number of rotatable bonds is 4. The van der Waals surface area contributed by atoms with Crippen molar-refractivity contribution in [2.75, 3.05) is 31.2 Å². The fourth-order valence-electron chi connectivity index (χ4n) is 3.03. The molecule has 7 nitrogen and oxygen atoms in total. The van der Waals surface area contributed by atoms with E-state index in [1.807, 2.05) is 30.6 Å². The molecule has 1 fully saturated rings. The number of hydrogen-bond acceptors (Lipinski definition) is 5. The molecule has 0 radical (unpaired) electrons. The van der Waals surface area contributed by atoms with Crippen molar-refractivity contribution in [2.24, 2.45) is 5.73 Å². The second kappa shape index (κ2) is 6.97. The molecule has 1 saturated heterocycles. The molecule has 0 aromatic carbocycles. The summed E-state index contributed by atoms with van der Waals surface area (Å²) >= 11 is 0. The Morgan fingerprint density at radius 3 is 2.73 bits per heavy atom. The van der Waals surface area contributed by atoms with Crippen molar-refractivity contribution in [3.05, 3.63) is 48.4 Å². The molecular weight excluding hydrogens is 330 g/mol. The van der Waals surface area contributed by atoms with Gasteiger partial charge in [-0.3, -0.25) is 4.79 Å². The molecule has 26 heavy (non-hydrogen) atoms.